The Kier molecular flexibility index (Phi) is 4.84. The summed E-state index contributed by atoms with van der Waals surface area (Å²) in [6.07, 6.45) is 2.59. The third kappa shape index (κ3) is 3.71. The summed E-state index contributed by atoms with van der Waals surface area (Å²) in [5.74, 6) is -0.0685. The fourth-order valence-corrected chi connectivity index (χ4v) is 2.48. The Balaban J connectivity index is 1.85. The van der Waals surface area contributed by atoms with Gasteiger partial charge < -0.3 is 4.74 Å². The van der Waals surface area contributed by atoms with Gasteiger partial charge in [0.2, 0.25) is 0 Å². The van der Waals surface area contributed by atoms with E-state index in [0.29, 0.717) is 5.69 Å². The lowest BCUT2D eigenvalue weighted by Gasteiger charge is -2.14. The molecule has 0 radical (unpaired) electrons. The number of hydrogen-bond acceptors (Lipinski definition) is 3. The van der Waals surface area contributed by atoms with Gasteiger partial charge >= 0.3 is 0 Å². The van der Waals surface area contributed by atoms with Crippen molar-refractivity contribution in [3.63, 3.8) is 0 Å². The molecule has 1 saturated heterocycles. The molecule has 1 heterocycles. The highest BCUT2D eigenvalue weighted by Crippen LogP contribution is 2.23. The third-order valence-electron chi connectivity index (χ3n) is 3.99. The van der Waals surface area contributed by atoms with Crippen molar-refractivity contribution in [2.24, 2.45) is 0 Å². The number of ether oxygens (including phenoxy) is 1. The summed E-state index contributed by atoms with van der Waals surface area (Å²) in [4.78, 5) is 24.8. The van der Waals surface area contributed by atoms with E-state index in [4.69, 9.17) is 4.74 Å². The lowest BCUT2D eigenvalue weighted by Crippen LogP contribution is -2.35. The van der Waals surface area contributed by atoms with Crippen LogP contribution in [0.2, 0.25) is 0 Å². The Morgan fingerprint density at radius 1 is 1.12 bits per heavy atom. The van der Waals surface area contributed by atoms with Gasteiger partial charge in [-0.25, -0.2) is 5.01 Å². The number of para-hydroxylation sites is 1. The lowest BCUT2D eigenvalue weighted by atomic mass is 10.1. The Morgan fingerprint density at radius 3 is 2.60 bits per heavy atom. The first-order valence-electron chi connectivity index (χ1n) is 8.27. The number of carbonyl (C=O) groups excluding carboxylic acids is 2. The van der Waals surface area contributed by atoms with Crippen molar-refractivity contribution in [1.29, 1.82) is 0 Å². The molecule has 1 N–H and O–H groups in total. The van der Waals surface area contributed by atoms with Crippen LogP contribution in [0.25, 0.3) is 6.08 Å². The van der Waals surface area contributed by atoms with Crippen molar-refractivity contribution in [3.05, 3.63) is 65.7 Å². The van der Waals surface area contributed by atoms with E-state index in [1.807, 2.05) is 49.4 Å². The fourth-order valence-electron chi connectivity index (χ4n) is 2.48. The van der Waals surface area contributed by atoms with Crippen molar-refractivity contribution in [2.75, 3.05) is 5.01 Å². The van der Waals surface area contributed by atoms with Crippen LogP contribution < -0.4 is 15.2 Å². The molecule has 1 aliphatic rings. The molecule has 1 aliphatic heterocycles. The molecule has 2 amide bonds. The highest BCUT2D eigenvalue weighted by atomic mass is 16.5. The highest BCUT2D eigenvalue weighted by Gasteiger charge is 2.34. The molecule has 128 valence electrons. The summed E-state index contributed by atoms with van der Waals surface area (Å²) in [5, 5.41) is 1.26. The third-order valence-corrected chi connectivity index (χ3v) is 3.99. The molecule has 1 fully saturated rings. The second-order valence-corrected chi connectivity index (χ2v) is 5.88. The SMILES string of the molecule is CC[C@@H](C)Oc1cccc(/C=C2/C(=O)NN(c3ccccc3)C2=O)c1. The molecule has 1 atom stereocenters. The van der Waals surface area contributed by atoms with Gasteiger partial charge in [-0.05, 0) is 49.2 Å². The first-order chi connectivity index (χ1) is 12.1. The average molecular weight is 336 g/mol. The number of nitrogens with one attached hydrogen (secondary N) is 1. The van der Waals surface area contributed by atoms with E-state index in [1.54, 1.807) is 18.2 Å². The van der Waals surface area contributed by atoms with Crippen molar-refractivity contribution in [3.8, 4) is 5.75 Å². The molecule has 2 aromatic rings. The van der Waals surface area contributed by atoms with Crippen LogP contribution in [0.1, 0.15) is 25.8 Å². The predicted molar refractivity (Wildman–Crippen MR) is 96.9 cm³/mol. The first kappa shape index (κ1) is 16.8. The smallest absolute Gasteiger partial charge is 0.282 e. The summed E-state index contributed by atoms with van der Waals surface area (Å²) in [7, 11) is 0. The maximum Gasteiger partial charge on any atom is 0.282 e. The normalized spacial score (nSPS) is 16.9. The van der Waals surface area contributed by atoms with Crippen LogP contribution in [0.3, 0.4) is 0 Å². The van der Waals surface area contributed by atoms with Gasteiger partial charge in [-0.15, -0.1) is 0 Å². The molecular formula is C20H20N2O3. The molecular weight excluding hydrogens is 316 g/mol. The number of amides is 2. The van der Waals surface area contributed by atoms with Gasteiger partial charge in [-0.3, -0.25) is 15.0 Å². The van der Waals surface area contributed by atoms with Crippen LogP contribution in [0, 0.1) is 0 Å². The quantitative estimate of drug-likeness (QED) is 0.673. The predicted octanol–water partition coefficient (Wildman–Crippen LogP) is 3.33. The Bertz CT molecular complexity index is 815. The van der Waals surface area contributed by atoms with Gasteiger partial charge in [-0.2, -0.15) is 0 Å². The highest BCUT2D eigenvalue weighted by molar-refractivity contribution is 6.31. The topological polar surface area (TPSA) is 58.6 Å². The minimum Gasteiger partial charge on any atom is -0.491 e. The van der Waals surface area contributed by atoms with Crippen molar-refractivity contribution >= 4 is 23.6 Å². The fraction of sp³-hybridized carbons (Fsp3) is 0.200. The van der Waals surface area contributed by atoms with Crippen molar-refractivity contribution in [2.45, 2.75) is 26.4 Å². The molecule has 0 aromatic heterocycles. The maximum atomic E-state index is 12.6. The summed E-state index contributed by atoms with van der Waals surface area (Å²) in [6, 6.07) is 16.4. The zero-order valence-corrected chi connectivity index (χ0v) is 14.2. The monoisotopic (exact) mass is 336 g/mol. The molecule has 0 bridgehead atoms. The molecule has 25 heavy (non-hydrogen) atoms. The van der Waals surface area contributed by atoms with Crippen LogP contribution in [-0.2, 0) is 9.59 Å². The molecule has 2 aromatic carbocycles. The van der Waals surface area contributed by atoms with Gasteiger partial charge in [0.05, 0.1) is 11.8 Å². The van der Waals surface area contributed by atoms with Crippen LogP contribution in [-0.4, -0.2) is 17.9 Å². The molecule has 5 nitrogen and oxygen atoms in total. The van der Waals surface area contributed by atoms with E-state index in [1.165, 1.54) is 5.01 Å². The number of nitrogens with zero attached hydrogens (tertiary/aromatic N) is 1. The largest absolute Gasteiger partial charge is 0.491 e. The number of benzene rings is 2. The standard InChI is InChI=1S/C20H20N2O3/c1-3-14(2)25-17-11-7-8-15(12-17)13-18-19(23)21-22(20(18)24)16-9-5-4-6-10-16/h4-14H,3H2,1-2H3,(H,21,23)/b18-13-/t14-/m1/s1. The minimum absolute atomic E-state index is 0.101. The summed E-state index contributed by atoms with van der Waals surface area (Å²) in [6.45, 7) is 4.05. The van der Waals surface area contributed by atoms with Crippen molar-refractivity contribution in [1.82, 2.24) is 5.43 Å². The minimum atomic E-state index is -0.415. The van der Waals surface area contributed by atoms with Crippen LogP contribution in [0.15, 0.2) is 60.2 Å². The second kappa shape index (κ2) is 7.21. The molecule has 3 rings (SSSR count). The molecule has 0 saturated carbocycles. The second-order valence-electron chi connectivity index (χ2n) is 5.88. The average Bonchev–Trinajstić information content (AvgIpc) is 2.91. The zero-order chi connectivity index (χ0) is 17.8. The number of rotatable bonds is 5. The Hall–Kier alpha value is -3.08. The van der Waals surface area contributed by atoms with E-state index in [9.17, 15) is 9.59 Å². The van der Waals surface area contributed by atoms with E-state index in [-0.39, 0.29) is 17.6 Å². The van der Waals surface area contributed by atoms with Crippen LogP contribution >= 0.6 is 0 Å². The van der Waals surface area contributed by atoms with E-state index >= 15 is 0 Å². The van der Waals surface area contributed by atoms with Crippen LogP contribution in [0.5, 0.6) is 5.75 Å². The first-order valence-corrected chi connectivity index (χ1v) is 8.27. The van der Waals surface area contributed by atoms with Gasteiger partial charge in [-0.1, -0.05) is 37.3 Å². The number of hydrogen-bond donors (Lipinski definition) is 1. The summed E-state index contributed by atoms with van der Waals surface area (Å²) >= 11 is 0. The molecule has 0 aliphatic carbocycles. The van der Waals surface area contributed by atoms with Gasteiger partial charge in [0.25, 0.3) is 11.8 Å². The van der Waals surface area contributed by atoms with E-state index in [0.717, 1.165) is 17.7 Å². The van der Waals surface area contributed by atoms with E-state index in [2.05, 4.69) is 12.3 Å². The summed E-state index contributed by atoms with van der Waals surface area (Å²) in [5.41, 5.74) is 4.06. The lowest BCUT2D eigenvalue weighted by molar-refractivity contribution is -0.117. The van der Waals surface area contributed by atoms with Gasteiger partial charge in [0.15, 0.2) is 0 Å². The number of carbonyl (C=O) groups is 2. The number of hydrazine groups is 1. The molecule has 5 heteroatoms. The maximum absolute atomic E-state index is 12.6. The Labute approximate surface area is 146 Å². The van der Waals surface area contributed by atoms with E-state index < -0.39 is 5.91 Å². The van der Waals surface area contributed by atoms with Gasteiger partial charge in [0.1, 0.15) is 11.3 Å². The summed E-state index contributed by atoms with van der Waals surface area (Å²) < 4.78 is 5.79. The number of anilines is 1. The molecule has 0 spiro atoms. The molecule has 0 unspecified atom stereocenters. The van der Waals surface area contributed by atoms with Crippen molar-refractivity contribution < 1.29 is 14.3 Å². The Morgan fingerprint density at radius 2 is 1.88 bits per heavy atom. The van der Waals surface area contributed by atoms with Gasteiger partial charge in [0, 0.05) is 0 Å². The zero-order valence-electron chi connectivity index (χ0n) is 14.2. The van der Waals surface area contributed by atoms with Crippen LogP contribution in [0.4, 0.5) is 5.69 Å².